The Balaban J connectivity index is 1.90. The third kappa shape index (κ3) is 33.1. The molecule has 2 aromatic carbocycles. The first-order chi connectivity index (χ1) is 55.4. The maximum Gasteiger partial charge on any atom is 0.329 e. The van der Waals surface area contributed by atoms with E-state index < -0.39 is 261 Å². The minimum Gasteiger partial charge on any atom is -0.481 e. The van der Waals surface area contributed by atoms with Crippen LogP contribution in [-0.2, 0) is 107 Å². The van der Waals surface area contributed by atoms with Crippen molar-refractivity contribution in [3.8, 4) is 0 Å². The first-order valence-corrected chi connectivity index (χ1v) is 37.3. The molecule has 0 saturated carbocycles. The van der Waals surface area contributed by atoms with E-state index in [-0.39, 0.29) is 43.5 Å². The van der Waals surface area contributed by atoms with E-state index in [0.717, 1.165) is 58.9 Å². The molecule has 24 N–H and O–H groups in total. The number of para-hydroxylation sites is 2. The number of aromatic amines is 1. The number of nitrogens with two attached hydrogens (primary N) is 2. The number of hydrogen-bond acceptors (Lipinski definition) is 24. The molecule has 1 aliphatic heterocycles. The van der Waals surface area contributed by atoms with Crippen LogP contribution in [0.1, 0.15) is 146 Å². The number of carboxylic acids is 4. The summed E-state index contributed by atoms with van der Waals surface area (Å²) in [4.78, 5) is 289. The summed E-state index contributed by atoms with van der Waals surface area (Å²) < 4.78 is 5.69. The molecule has 0 radical (unpaired) electrons. The molecule has 4 rings (SSSR count). The Morgan fingerprint density at radius 2 is 1.11 bits per heavy atom. The van der Waals surface area contributed by atoms with Gasteiger partial charge in [-0.3, -0.25) is 95.9 Å². The number of H-pyrrole nitrogens is 1. The number of nitrogens with one attached hydrogen (secondary N) is 15. The van der Waals surface area contributed by atoms with Crippen molar-refractivity contribution in [2.75, 3.05) is 31.6 Å². The summed E-state index contributed by atoms with van der Waals surface area (Å²) >= 11 is 0. The number of benzene rings is 2. The third-order valence-corrected chi connectivity index (χ3v) is 18.0. The number of carbonyl (C=O) groups is 21. The fourth-order valence-corrected chi connectivity index (χ4v) is 11.9. The van der Waals surface area contributed by atoms with Gasteiger partial charge in [0.15, 0.2) is 5.78 Å². The molecule has 44 heteroatoms. The van der Waals surface area contributed by atoms with Crippen molar-refractivity contribution in [2.45, 2.75) is 209 Å². The van der Waals surface area contributed by atoms with E-state index in [4.69, 9.17) is 16.2 Å². The minimum absolute atomic E-state index is 0.0260. The number of aliphatic hydroxyl groups excluding tert-OH is 1. The average Bonchev–Trinajstić information content (AvgIpc) is 1.74. The molecule has 0 bridgehead atoms. The zero-order chi connectivity index (χ0) is 87.2. The number of carbonyl (C=O) groups excluding carboxylic acids is 17. The Hall–Kier alpha value is -13.0. The lowest BCUT2D eigenvalue weighted by Crippen LogP contribution is -2.62. The molecule has 0 aliphatic carbocycles. The number of rotatable bonds is 37. The lowest BCUT2D eigenvalue weighted by atomic mass is 9.95. The number of ether oxygens (including phenoxy) is 1. The molecule has 117 heavy (non-hydrogen) atoms. The molecule has 2 heterocycles. The van der Waals surface area contributed by atoms with Crippen molar-refractivity contribution >= 4 is 141 Å². The highest BCUT2D eigenvalue weighted by atomic mass is 16.5. The number of amides is 15. The molecule has 15 amide bonds. The van der Waals surface area contributed by atoms with Crippen molar-refractivity contribution in [1.82, 2.24) is 74.1 Å². The van der Waals surface area contributed by atoms with Gasteiger partial charge in [0.1, 0.15) is 72.6 Å². The van der Waals surface area contributed by atoms with Gasteiger partial charge in [0.2, 0.25) is 89.1 Å². The number of aliphatic carboxylic acids is 4. The second-order valence-electron chi connectivity index (χ2n) is 27.5. The second kappa shape index (κ2) is 48.9. The summed E-state index contributed by atoms with van der Waals surface area (Å²) in [5, 5.41) is 80.9. The molecular weight excluding hydrogens is 1550 g/mol. The summed E-state index contributed by atoms with van der Waals surface area (Å²) in [5.74, 6) is -30.1. The number of cyclic esters (lactones) is 1. The zero-order valence-electron chi connectivity index (χ0n) is 64.5. The zero-order valence-corrected chi connectivity index (χ0v) is 64.5. The predicted octanol–water partition coefficient (Wildman–Crippen LogP) is -5.64. The first kappa shape index (κ1) is 96.3. The summed E-state index contributed by atoms with van der Waals surface area (Å²) in [6.07, 6.45) is -2.43. The van der Waals surface area contributed by atoms with E-state index in [1.807, 2.05) is 16.0 Å². The maximum absolute atomic E-state index is 14.9. The number of unbranched alkanes of at least 4 members (excludes halogenated alkanes) is 6. The van der Waals surface area contributed by atoms with Crippen LogP contribution >= 0.6 is 0 Å². The fourth-order valence-electron chi connectivity index (χ4n) is 11.9. The lowest BCUT2D eigenvalue weighted by molar-refractivity contribution is -0.156. The molecule has 640 valence electrons. The van der Waals surface area contributed by atoms with Crippen LogP contribution in [0, 0.1) is 5.92 Å². The number of hydrogen-bond donors (Lipinski definition) is 22. The number of ketones is 1. The van der Waals surface area contributed by atoms with Crippen molar-refractivity contribution < 1.29 is 131 Å². The van der Waals surface area contributed by atoms with E-state index in [1.54, 1.807) is 30.5 Å². The van der Waals surface area contributed by atoms with Crippen molar-refractivity contribution in [2.24, 2.45) is 17.4 Å². The molecule has 13 atom stereocenters. The van der Waals surface area contributed by atoms with Crippen LogP contribution < -0.4 is 85.9 Å². The maximum atomic E-state index is 14.9. The van der Waals surface area contributed by atoms with Crippen LogP contribution in [-0.4, -0.2) is 254 Å². The SMILES string of the molecule is CCCCCCCCCC(=O)N[C@@H](Cc1c[nH]c2ccccc12)C(=O)N[C@H](CC(N)=O)C(=O)N[C@@H](CC(=O)O)C(=O)N[C@@H]1C(=O)NCC(=O)N[C@@H](CCCN)C(=O)N[C@@H](CC(=O)O)C(=O)N[C@H](C)C(=O)N[C@@H](CC(=O)O)C(=O)NCC(=O)N[C@H](CO)C(=O)N[C@@H]([C@H](C)CC(=O)O)C(=O)N[C@@H](CC(=O)c2ccccc2NC=O)C(=O)O[C@@H]1C. The number of Topliss-reactive ketones (excluding diaryl/α,β-unsaturated/α-hetero) is 1. The number of aromatic nitrogens is 1. The molecule has 44 nitrogen and oxygen atoms in total. The smallest absolute Gasteiger partial charge is 0.329 e. The van der Waals surface area contributed by atoms with E-state index in [0.29, 0.717) is 29.3 Å². The van der Waals surface area contributed by atoms with Gasteiger partial charge in [0.25, 0.3) is 0 Å². The molecule has 1 aliphatic rings. The van der Waals surface area contributed by atoms with Gasteiger partial charge in [0, 0.05) is 41.9 Å². The normalized spacial score (nSPS) is 21.0. The fraction of sp³-hybridized carbons (Fsp3) is 0.521. The Kier molecular flexibility index (Phi) is 40.3. The number of fused-ring (bicyclic) bond motifs is 1. The number of anilines is 1. The van der Waals surface area contributed by atoms with Gasteiger partial charge in [-0.2, -0.15) is 0 Å². The Morgan fingerprint density at radius 1 is 0.564 bits per heavy atom. The lowest BCUT2D eigenvalue weighted by Gasteiger charge is -2.30. The monoisotopic (exact) mass is 1650 g/mol. The van der Waals surface area contributed by atoms with Gasteiger partial charge in [-0.25, -0.2) is 4.79 Å². The third-order valence-electron chi connectivity index (χ3n) is 18.0. The highest BCUT2D eigenvalue weighted by Gasteiger charge is 2.41. The van der Waals surface area contributed by atoms with Crippen molar-refractivity contribution in [3.05, 3.63) is 65.9 Å². The molecule has 1 saturated heterocycles. The molecule has 3 aromatic rings. The van der Waals surface area contributed by atoms with Crippen LogP contribution in [0.15, 0.2) is 54.7 Å². The van der Waals surface area contributed by atoms with Crippen LogP contribution in [0.4, 0.5) is 5.69 Å². The van der Waals surface area contributed by atoms with Crippen LogP contribution in [0.5, 0.6) is 0 Å². The standard InChI is InChI=1S/C73H101N17O27/c1-5-6-7-8-9-10-11-22-54(95)82-45(25-39-31-76-42-19-14-12-17-40(39)42)67(110)85-46(27-53(75)94)68(111)87-49(30-60(104)105)69(112)90-62-38(4)117-73(116)50(26-52(93)41-18-13-15-20-43(41)79-35-92)88-72(115)61(36(2)24-57(98)99)89-70(113)51(34-91)83-56(97)32-77-64(107)47(28-58(100)101)84-63(106)37(3)80-66(109)48(29-59(102)103)86-65(108)44(21-16-23-74)81-55(96)33-78-71(62)114/h12-15,17-20,31,35-38,44-51,61-62,76,91H,5-11,16,21-30,32-34,74H2,1-4H3,(H2,75,94)(H,77,107)(H,78,114)(H,79,92)(H,80,109)(H,81,96)(H,82,95)(H,83,97)(H,84,106)(H,85,110)(H,86,108)(H,87,111)(H,88,115)(H,89,113)(H,90,112)(H,98,99)(H,100,101)(H,102,103)(H,104,105)/t36-,37-,38-,44+,45+,46-,47+,48+,49+,50+,51-,61+,62+/m1/s1. The average molecular weight is 1650 g/mol. The van der Waals surface area contributed by atoms with Gasteiger partial charge < -0.3 is 121 Å². The Labute approximate surface area is 668 Å². The van der Waals surface area contributed by atoms with E-state index in [1.165, 1.54) is 18.2 Å². The number of esters is 1. The van der Waals surface area contributed by atoms with E-state index >= 15 is 0 Å². The van der Waals surface area contributed by atoms with E-state index in [2.05, 4.69) is 70.4 Å². The second-order valence-corrected chi connectivity index (χ2v) is 27.5. The molecule has 0 unspecified atom stereocenters. The number of carboxylic acid groups (broad SMARTS) is 4. The van der Waals surface area contributed by atoms with Crippen LogP contribution in [0.25, 0.3) is 10.9 Å². The Morgan fingerprint density at radius 3 is 1.72 bits per heavy atom. The minimum atomic E-state index is -2.48. The van der Waals surface area contributed by atoms with Gasteiger partial charge in [-0.15, -0.1) is 0 Å². The number of aliphatic hydroxyl groups is 1. The largest absolute Gasteiger partial charge is 0.481 e. The topological polar surface area (TPSA) is 705 Å². The van der Waals surface area contributed by atoms with Gasteiger partial charge in [0.05, 0.1) is 57.5 Å². The van der Waals surface area contributed by atoms with Gasteiger partial charge in [-0.05, 0) is 69.3 Å². The molecular formula is C73H101N17O27. The van der Waals surface area contributed by atoms with Crippen LogP contribution in [0.2, 0.25) is 0 Å². The Bertz CT molecular complexity index is 4120. The summed E-state index contributed by atoms with van der Waals surface area (Å²) in [5.41, 5.74) is 11.9. The molecule has 0 spiro atoms. The highest BCUT2D eigenvalue weighted by Crippen LogP contribution is 2.22. The summed E-state index contributed by atoms with van der Waals surface area (Å²) in [6, 6.07) is -11.0. The quantitative estimate of drug-likeness (QED) is 0.0111. The van der Waals surface area contributed by atoms with Crippen molar-refractivity contribution in [1.29, 1.82) is 0 Å². The highest BCUT2D eigenvalue weighted by molar-refractivity contribution is 6.06. The molecule has 1 fully saturated rings. The van der Waals surface area contributed by atoms with Crippen LogP contribution in [0.3, 0.4) is 0 Å². The van der Waals surface area contributed by atoms with Gasteiger partial charge in [-0.1, -0.05) is 82.7 Å². The predicted molar refractivity (Wildman–Crippen MR) is 406 cm³/mol. The number of primary amides is 1. The van der Waals surface area contributed by atoms with Crippen molar-refractivity contribution in [3.63, 3.8) is 0 Å². The van der Waals surface area contributed by atoms with E-state index in [9.17, 15) is 126 Å². The van der Waals surface area contributed by atoms with Gasteiger partial charge >= 0.3 is 29.8 Å². The first-order valence-electron chi connectivity index (χ1n) is 37.3. The molecule has 1 aromatic heterocycles. The summed E-state index contributed by atoms with van der Waals surface area (Å²) in [6.45, 7) is 1.01. The summed E-state index contributed by atoms with van der Waals surface area (Å²) in [7, 11) is 0.